The van der Waals surface area contributed by atoms with Gasteiger partial charge in [-0.2, -0.15) is 0 Å². The van der Waals surface area contributed by atoms with Crippen molar-refractivity contribution < 1.29 is 14.6 Å². The number of carbonyl (C=O) groups excluding carboxylic acids is 1. The number of nitrogens with one attached hydrogen (secondary N) is 2. The molecule has 0 saturated heterocycles. The van der Waals surface area contributed by atoms with Crippen LogP contribution < -0.4 is 16.0 Å². The number of aliphatic hydroxyl groups excluding tert-OH is 1. The van der Waals surface area contributed by atoms with Gasteiger partial charge in [-0.25, -0.2) is 4.79 Å². The highest BCUT2D eigenvalue weighted by Crippen LogP contribution is 2.10. The number of ether oxygens (including phenoxy) is 1. The molecule has 0 aliphatic heterocycles. The van der Waals surface area contributed by atoms with Crippen LogP contribution in [0.25, 0.3) is 6.08 Å². The normalized spacial score (nSPS) is 10.8. The fourth-order valence-electron chi connectivity index (χ4n) is 1.44. The van der Waals surface area contributed by atoms with Crippen molar-refractivity contribution in [1.29, 1.82) is 0 Å². The average Bonchev–Trinajstić information content (AvgIpc) is 2.37. The third-order valence-electron chi connectivity index (χ3n) is 2.33. The lowest BCUT2D eigenvalue weighted by molar-refractivity contribution is -0.104. The topological polar surface area (TPSA) is 112 Å². The highest BCUT2D eigenvalue weighted by molar-refractivity contribution is 5.74. The zero-order valence-corrected chi connectivity index (χ0v) is 10.3. The Morgan fingerprint density at radius 2 is 1.95 bits per heavy atom. The molecule has 0 aliphatic carbocycles. The number of hydrogen-bond acceptors (Lipinski definition) is 5. The van der Waals surface area contributed by atoms with Crippen molar-refractivity contribution in [3.8, 4) is 5.88 Å². The van der Waals surface area contributed by atoms with Crippen molar-refractivity contribution in [2.45, 2.75) is 19.3 Å². The van der Waals surface area contributed by atoms with Crippen molar-refractivity contribution in [3.63, 3.8) is 0 Å². The van der Waals surface area contributed by atoms with Gasteiger partial charge in [0.15, 0.2) is 0 Å². The Morgan fingerprint density at radius 3 is 2.63 bits per heavy atom. The molecular weight excluding hydrogens is 252 g/mol. The van der Waals surface area contributed by atoms with Crippen LogP contribution >= 0.6 is 0 Å². The second-order valence-corrected chi connectivity index (χ2v) is 3.78. The molecule has 3 N–H and O–H groups in total. The van der Waals surface area contributed by atoms with Crippen molar-refractivity contribution >= 4 is 12.4 Å². The van der Waals surface area contributed by atoms with E-state index in [-0.39, 0.29) is 18.1 Å². The maximum Gasteiger partial charge on any atom is 0.328 e. The van der Waals surface area contributed by atoms with Crippen molar-refractivity contribution in [1.82, 2.24) is 9.97 Å². The summed E-state index contributed by atoms with van der Waals surface area (Å²) in [6.07, 6.45) is 5.07. The molecule has 0 fully saturated rings. The molecule has 0 radical (unpaired) electrons. The predicted octanol–water partition coefficient (Wildman–Crippen LogP) is -0.183. The summed E-state index contributed by atoms with van der Waals surface area (Å²) in [5, 5.41) is 8.62. The number of unbranched alkanes of at least 4 members (excludes halogenated alkanes) is 2. The molecule has 0 bridgehead atoms. The summed E-state index contributed by atoms with van der Waals surface area (Å²) in [5.41, 5.74) is -1.19. The molecule has 0 unspecified atom stereocenters. The van der Waals surface area contributed by atoms with E-state index in [1.807, 2.05) is 0 Å². The zero-order valence-electron chi connectivity index (χ0n) is 10.3. The molecule has 104 valence electrons. The summed E-state index contributed by atoms with van der Waals surface area (Å²) in [6.45, 7) is 0.427. The standard InChI is InChI=1S/C12H16N2O5/c15-6-2-1-3-8-19-11-9(5-4-7-16)10(17)13-12(18)14-11/h4-5,7,15H,1-3,6,8H2,(H2,13,14,17,18)/b5-4+. The summed E-state index contributed by atoms with van der Waals surface area (Å²) < 4.78 is 5.32. The van der Waals surface area contributed by atoms with E-state index in [4.69, 9.17) is 9.84 Å². The van der Waals surface area contributed by atoms with E-state index in [2.05, 4.69) is 9.97 Å². The van der Waals surface area contributed by atoms with Crippen LogP contribution in [0, 0.1) is 0 Å². The molecule has 0 atom stereocenters. The van der Waals surface area contributed by atoms with Crippen LogP contribution in [0.1, 0.15) is 24.8 Å². The van der Waals surface area contributed by atoms with Gasteiger partial charge in [0.2, 0.25) is 5.88 Å². The third-order valence-corrected chi connectivity index (χ3v) is 2.33. The first-order chi connectivity index (χ1) is 9.19. The van der Waals surface area contributed by atoms with Crippen LogP contribution in [0.3, 0.4) is 0 Å². The van der Waals surface area contributed by atoms with Crippen molar-refractivity contribution in [2.75, 3.05) is 13.2 Å². The minimum atomic E-state index is -0.668. The van der Waals surface area contributed by atoms with Gasteiger partial charge in [-0.3, -0.25) is 19.6 Å². The van der Waals surface area contributed by atoms with Crippen LogP contribution in [0.5, 0.6) is 5.88 Å². The SMILES string of the molecule is O=C/C=C/c1c(OCCCCCO)[nH]c(=O)[nH]c1=O. The lowest BCUT2D eigenvalue weighted by Gasteiger charge is -2.07. The maximum absolute atomic E-state index is 11.5. The number of aldehydes is 1. The lowest BCUT2D eigenvalue weighted by Crippen LogP contribution is -2.25. The van der Waals surface area contributed by atoms with Gasteiger partial charge in [-0.1, -0.05) is 0 Å². The van der Waals surface area contributed by atoms with Gasteiger partial charge in [-0.05, 0) is 31.4 Å². The van der Waals surface area contributed by atoms with Crippen molar-refractivity contribution in [2.24, 2.45) is 0 Å². The van der Waals surface area contributed by atoms with Gasteiger partial charge in [0.1, 0.15) is 11.8 Å². The number of allylic oxidation sites excluding steroid dienone is 1. The van der Waals surface area contributed by atoms with Gasteiger partial charge >= 0.3 is 5.69 Å². The Labute approximate surface area is 108 Å². The molecular formula is C12H16N2O5. The Hall–Kier alpha value is -2.15. The predicted molar refractivity (Wildman–Crippen MR) is 69.2 cm³/mol. The van der Waals surface area contributed by atoms with Gasteiger partial charge in [0.25, 0.3) is 5.56 Å². The summed E-state index contributed by atoms with van der Waals surface area (Å²) in [6, 6.07) is 0. The quantitative estimate of drug-likeness (QED) is 0.344. The van der Waals surface area contributed by atoms with Crippen LogP contribution in [0.15, 0.2) is 15.7 Å². The van der Waals surface area contributed by atoms with Gasteiger partial charge in [0, 0.05) is 6.61 Å². The monoisotopic (exact) mass is 268 g/mol. The van der Waals surface area contributed by atoms with Gasteiger partial charge in [0.05, 0.1) is 6.61 Å². The fourth-order valence-corrected chi connectivity index (χ4v) is 1.44. The number of aromatic nitrogens is 2. The first kappa shape index (κ1) is 14.9. The van der Waals surface area contributed by atoms with E-state index in [0.29, 0.717) is 25.7 Å². The first-order valence-corrected chi connectivity index (χ1v) is 5.91. The Kier molecular flexibility index (Phi) is 6.31. The van der Waals surface area contributed by atoms with Gasteiger partial charge < -0.3 is 9.84 Å². The second kappa shape index (κ2) is 8.04. The molecule has 1 aromatic rings. The lowest BCUT2D eigenvalue weighted by atomic mass is 10.2. The van der Waals surface area contributed by atoms with E-state index >= 15 is 0 Å². The Balaban J connectivity index is 2.80. The number of carbonyl (C=O) groups is 1. The molecule has 0 saturated carbocycles. The summed E-state index contributed by atoms with van der Waals surface area (Å²) in [5.74, 6) is 0.0378. The third kappa shape index (κ3) is 4.92. The molecule has 19 heavy (non-hydrogen) atoms. The zero-order chi connectivity index (χ0) is 14.1. The Morgan fingerprint density at radius 1 is 1.16 bits per heavy atom. The van der Waals surface area contributed by atoms with E-state index < -0.39 is 11.2 Å². The van der Waals surface area contributed by atoms with E-state index in [9.17, 15) is 14.4 Å². The first-order valence-electron chi connectivity index (χ1n) is 5.91. The molecule has 0 aromatic carbocycles. The van der Waals surface area contributed by atoms with E-state index in [0.717, 1.165) is 12.5 Å². The smallest absolute Gasteiger partial charge is 0.328 e. The number of rotatable bonds is 8. The highest BCUT2D eigenvalue weighted by atomic mass is 16.5. The minimum Gasteiger partial charge on any atom is -0.478 e. The molecule has 1 aromatic heterocycles. The van der Waals surface area contributed by atoms with Crippen LogP contribution in [-0.2, 0) is 4.79 Å². The molecule has 0 aliphatic rings. The van der Waals surface area contributed by atoms with Crippen molar-refractivity contribution in [3.05, 3.63) is 32.5 Å². The molecule has 0 spiro atoms. The van der Waals surface area contributed by atoms with Crippen LogP contribution in [-0.4, -0.2) is 34.6 Å². The number of aliphatic hydroxyl groups is 1. The van der Waals surface area contributed by atoms with Gasteiger partial charge in [-0.15, -0.1) is 0 Å². The molecule has 1 heterocycles. The number of aromatic amines is 2. The summed E-state index contributed by atoms with van der Waals surface area (Å²) in [4.78, 5) is 37.4. The van der Waals surface area contributed by atoms with E-state index in [1.54, 1.807) is 0 Å². The summed E-state index contributed by atoms with van der Waals surface area (Å²) >= 11 is 0. The van der Waals surface area contributed by atoms with Crippen LogP contribution in [0.4, 0.5) is 0 Å². The van der Waals surface area contributed by atoms with Crippen LogP contribution in [0.2, 0.25) is 0 Å². The second-order valence-electron chi connectivity index (χ2n) is 3.78. The molecule has 0 amide bonds. The fraction of sp³-hybridized carbons (Fsp3) is 0.417. The summed E-state index contributed by atoms with van der Waals surface area (Å²) in [7, 11) is 0. The molecule has 7 heteroatoms. The molecule has 7 nitrogen and oxygen atoms in total. The maximum atomic E-state index is 11.5. The number of hydrogen-bond donors (Lipinski definition) is 3. The van der Waals surface area contributed by atoms with E-state index in [1.165, 1.54) is 6.08 Å². The minimum absolute atomic E-state index is 0.0378. The highest BCUT2D eigenvalue weighted by Gasteiger charge is 2.07. The largest absolute Gasteiger partial charge is 0.478 e. The Bertz CT molecular complexity index is 544. The number of H-pyrrole nitrogens is 2. The average molecular weight is 268 g/mol. The molecule has 1 rings (SSSR count).